The third-order valence-electron chi connectivity index (χ3n) is 3.20. The van der Waals surface area contributed by atoms with Crippen molar-refractivity contribution in [1.82, 2.24) is 0 Å². The van der Waals surface area contributed by atoms with Gasteiger partial charge in [0.15, 0.2) is 0 Å². The Morgan fingerprint density at radius 1 is 1.38 bits per heavy atom. The van der Waals surface area contributed by atoms with Crippen LogP contribution in [0.3, 0.4) is 0 Å². The molecule has 1 aliphatic carbocycles. The first-order valence-electron chi connectivity index (χ1n) is 5.98. The van der Waals surface area contributed by atoms with Gasteiger partial charge in [-0.1, -0.05) is 0 Å². The van der Waals surface area contributed by atoms with E-state index in [-0.39, 0.29) is 22.8 Å². The highest BCUT2D eigenvalue weighted by Gasteiger charge is 2.48. The van der Waals surface area contributed by atoms with Gasteiger partial charge in [0, 0.05) is 0 Å². The first kappa shape index (κ1) is 15.3. The number of primary sulfonamides is 1. The summed E-state index contributed by atoms with van der Waals surface area (Å²) in [5.41, 5.74) is 0.130. The molecule has 0 unspecified atom stereocenters. The second-order valence-electron chi connectivity index (χ2n) is 4.68. The Balaban J connectivity index is 2.22. The molecule has 1 amide bonds. The van der Waals surface area contributed by atoms with Gasteiger partial charge in [0.2, 0.25) is 15.9 Å². The molecule has 0 aromatic heterocycles. The fraction of sp³-hybridized carbons (Fsp3) is 0.333. The van der Waals surface area contributed by atoms with Crippen molar-refractivity contribution in [3.8, 4) is 5.75 Å². The third-order valence-corrected chi connectivity index (χ3v) is 4.11. The number of hydrogen-bond acceptors (Lipinski definition) is 5. The van der Waals surface area contributed by atoms with E-state index in [4.69, 9.17) is 15.0 Å². The van der Waals surface area contributed by atoms with Gasteiger partial charge in [0.25, 0.3) is 0 Å². The molecule has 1 aromatic rings. The first-order valence-corrected chi connectivity index (χ1v) is 7.53. The van der Waals surface area contributed by atoms with Crippen molar-refractivity contribution < 1.29 is 27.9 Å². The van der Waals surface area contributed by atoms with E-state index in [1.165, 1.54) is 25.3 Å². The lowest BCUT2D eigenvalue weighted by atomic mass is 10.2. The van der Waals surface area contributed by atoms with Crippen LogP contribution in [0.2, 0.25) is 0 Å². The lowest BCUT2D eigenvalue weighted by Crippen LogP contribution is -2.18. The van der Waals surface area contributed by atoms with Gasteiger partial charge >= 0.3 is 5.97 Å². The zero-order valence-corrected chi connectivity index (χ0v) is 11.9. The van der Waals surface area contributed by atoms with E-state index in [9.17, 15) is 18.0 Å². The Hall–Kier alpha value is -2.13. The summed E-state index contributed by atoms with van der Waals surface area (Å²) in [7, 11) is -2.56. The number of anilines is 1. The average molecular weight is 314 g/mol. The van der Waals surface area contributed by atoms with Crippen molar-refractivity contribution in [2.24, 2.45) is 17.0 Å². The van der Waals surface area contributed by atoms with Crippen LogP contribution in [0.25, 0.3) is 0 Å². The van der Waals surface area contributed by atoms with Crippen molar-refractivity contribution in [3.05, 3.63) is 18.2 Å². The Morgan fingerprint density at radius 3 is 2.52 bits per heavy atom. The monoisotopic (exact) mass is 314 g/mol. The first-order chi connectivity index (χ1) is 9.74. The lowest BCUT2D eigenvalue weighted by molar-refractivity contribution is -0.139. The Labute approximate surface area is 120 Å². The van der Waals surface area contributed by atoms with Gasteiger partial charge in [-0.3, -0.25) is 9.59 Å². The maximum atomic E-state index is 11.9. The molecular formula is C12H14N2O6S. The molecule has 2 atom stereocenters. The minimum absolute atomic E-state index is 0.130. The highest BCUT2D eigenvalue weighted by atomic mass is 32.2. The number of nitrogens with two attached hydrogens (primary N) is 1. The minimum atomic E-state index is -3.92. The number of methoxy groups -OCH3 is 1. The Morgan fingerprint density at radius 2 is 2.05 bits per heavy atom. The topological polar surface area (TPSA) is 136 Å². The van der Waals surface area contributed by atoms with Crippen LogP contribution in [0.1, 0.15) is 6.42 Å². The maximum absolute atomic E-state index is 11.9. The zero-order chi connectivity index (χ0) is 15.8. The number of carboxylic acid groups (broad SMARTS) is 1. The molecule has 4 N–H and O–H groups in total. The van der Waals surface area contributed by atoms with Gasteiger partial charge in [0.1, 0.15) is 5.75 Å². The fourth-order valence-corrected chi connectivity index (χ4v) is 2.48. The minimum Gasteiger partial charge on any atom is -0.495 e. The smallest absolute Gasteiger partial charge is 0.307 e. The van der Waals surface area contributed by atoms with Crippen LogP contribution in [0.4, 0.5) is 5.69 Å². The highest BCUT2D eigenvalue weighted by Crippen LogP contribution is 2.40. The molecule has 114 valence electrons. The molecule has 2 rings (SSSR count). The molecule has 1 fully saturated rings. The summed E-state index contributed by atoms with van der Waals surface area (Å²) in [6, 6.07) is 3.78. The predicted molar refractivity (Wildman–Crippen MR) is 72.2 cm³/mol. The van der Waals surface area contributed by atoms with Crippen LogP contribution in [0.5, 0.6) is 5.75 Å². The third kappa shape index (κ3) is 3.31. The Bertz CT molecular complexity index is 700. The number of hydrogen-bond donors (Lipinski definition) is 3. The SMILES string of the molecule is COc1ccc(S(N)(=O)=O)cc1NC(=O)[C@H]1C[C@H]1C(=O)O. The molecular weight excluding hydrogens is 300 g/mol. The lowest BCUT2D eigenvalue weighted by Gasteiger charge is -2.11. The second-order valence-corrected chi connectivity index (χ2v) is 6.24. The molecule has 1 saturated carbocycles. The molecule has 1 aliphatic rings. The van der Waals surface area contributed by atoms with E-state index < -0.39 is 33.7 Å². The van der Waals surface area contributed by atoms with E-state index in [2.05, 4.69) is 5.32 Å². The number of carbonyl (C=O) groups excluding carboxylic acids is 1. The van der Waals surface area contributed by atoms with E-state index in [1.54, 1.807) is 0 Å². The quantitative estimate of drug-likeness (QED) is 0.700. The van der Waals surface area contributed by atoms with Crippen molar-refractivity contribution in [2.45, 2.75) is 11.3 Å². The second kappa shape index (κ2) is 5.34. The molecule has 0 heterocycles. The molecule has 0 aliphatic heterocycles. The largest absolute Gasteiger partial charge is 0.495 e. The van der Waals surface area contributed by atoms with Gasteiger partial charge in [-0.15, -0.1) is 0 Å². The number of nitrogens with one attached hydrogen (secondary N) is 1. The van der Waals surface area contributed by atoms with Crippen LogP contribution in [0.15, 0.2) is 23.1 Å². The van der Waals surface area contributed by atoms with E-state index in [0.29, 0.717) is 0 Å². The number of amides is 1. The number of ether oxygens (including phenoxy) is 1. The Kier molecular flexibility index (Phi) is 3.88. The molecule has 0 spiro atoms. The standard InChI is InChI=1S/C12H14N2O6S/c1-20-10-3-2-6(21(13,18)19)4-9(10)14-11(15)7-5-8(7)12(16)17/h2-4,7-8H,5H2,1H3,(H,14,15)(H,16,17)(H2,13,18,19)/t7-,8+/m0/s1. The number of benzene rings is 1. The molecule has 1 aromatic carbocycles. The van der Waals surface area contributed by atoms with Crippen molar-refractivity contribution in [2.75, 3.05) is 12.4 Å². The van der Waals surface area contributed by atoms with Crippen LogP contribution < -0.4 is 15.2 Å². The molecule has 0 saturated heterocycles. The summed E-state index contributed by atoms with van der Waals surface area (Å²) >= 11 is 0. The van der Waals surface area contributed by atoms with Crippen LogP contribution >= 0.6 is 0 Å². The summed E-state index contributed by atoms with van der Waals surface area (Å²) in [6.07, 6.45) is 0.262. The van der Waals surface area contributed by atoms with Crippen molar-refractivity contribution >= 4 is 27.6 Å². The maximum Gasteiger partial charge on any atom is 0.307 e. The summed E-state index contributed by atoms with van der Waals surface area (Å²) in [5.74, 6) is -2.58. The van der Waals surface area contributed by atoms with Crippen LogP contribution in [0, 0.1) is 11.8 Å². The number of rotatable bonds is 5. The van der Waals surface area contributed by atoms with Gasteiger partial charge < -0.3 is 15.2 Å². The van der Waals surface area contributed by atoms with Gasteiger partial charge in [0.05, 0.1) is 29.5 Å². The predicted octanol–water partition coefficient (Wildman–Crippen LogP) is 0.00180. The number of sulfonamides is 1. The summed E-state index contributed by atoms with van der Waals surface area (Å²) in [5, 5.41) is 16.3. The van der Waals surface area contributed by atoms with Gasteiger partial charge in [-0.2, -0.15) is 0 Å². The number of carbonyl (C=O) groups is 2. The normalized spacial score (nSPS) is 20.7. The van der Waals surface area contributed by atoms with E-state index in [1.807, 2.05) is 0 Å². The highest BCUT2D eigenvalue weighted by molar-refractivity contribution is 7.89. The van der Waals surface area contributed by atoms with Crippen molar-refractivity contribution in [1.29, 1.82) is 0 Å². The summed E-state index contributed by atoms with van der Waals surface area (Å²) in [4.78, 5) is 22.5. The van der Waals surface area contributed by atoms with Crippen molar-refractivity contribution in [3.63, 3.8) is 0 Å². The van der Waals surface area contributed by atoms with E-state index >= 15 is 0 Å². The number of aliphatic carboxylic acids is 1. The van der Waals surface area contributed by atoms with Crippen LogP contribution in [-0.4, -0.2) is 32.5 Å². The van der Waals surface area contributed by atoms with Gasteiger partial charge in [-0.25, -0.2) is 13.6 Å². The number of carboxylic acids is 1. The zero-order valence-electron chi connectivity index (χ0n) is 11.1. The molecule has 9 heteroatoms. The molecule has 0 bridgehead atoms. The summed E-state index contributed by atoms with van der Waals surface area (Å²) < 4.78 is 27.6. The summed E-state index contributed by atoms with van der Waals surface area (Å²) in [6.45, 7) is 0. The van der Waals surface area contributed by atoms with Crippen LogP contribution in [-0.2, 0) is 19.6 Å². The van der Waals surface area contributed by atoms with E-state index in [0.717, 1.165) is 0 Å². The average Bonchev–Trinajstić information content (AvgIpc) is 3.17. The van der Waals surface area contributed by atoms with Gasteiger partial charge in [-0.05, 0) is 24.6 Å². The fourth-order valence-electron chi connectivity index (χ4n) is 1.94. The molecule has 0 radical (unpaired) electrons. The molecule has 21 heavy (non-hydrogen) atoms. The molecule has 8 nitrogen and oxygen atoms in total.